The van der Waals surface area contributed by atoms with Gasteiger partial charge in [0.25, 0.3) is 0 Å². The lowest BCUT2D eigenvalue weighted by atomic mass is 10.0. The Labute approximate surface area is 128 Å². The van der Waals surface area contributed by atoms with E-state index in [1.165, 1.54) is 0 Å². The number of hydrogen-bond acceptors (Lipinski definition) is 3. The Morgan fingerprint density at radius 2 is 2.00 bits per heavy atom. The first kappa shape index (κ1) is 16.5. The van der Waals surface area contributed by atoms with Gasteiger partial charge in [-0.15, -0.1) is 0 Å². The van der Waals surface area contributed by atoms with Gasteiger partial charge in [0, 0.05) is 24.9 Å². The van der Waals surface area contributed by atoms with E-state index in [1.54, 1.807) is 0 Å². The van der Waals surface area contributed by atoms with Gasteiger partial charge in [0.2, 0.25) is 5.91 Å². The molecule has 1 fully saturated rings. The Balaban J connectivity index is 1.84. The van der Waals surface area contributed by atoms with Gasteiger partial charge >= 0.3 is 0 Å². The number of benzene rings is 1. The molecule has 120 valence electrons. The smallest absolute Gasteiger partial charge is 0.220 e. The second-order valence-corrected chi connectivity index (χ2v) is 5.65. The second-order valence-electron chi connectivity index (χ2n) is 5.65. The first-order valence-electron chi connectivity index (χ1n) is 7.49. The van der Waals surface area contributed by atoms with Crippen LogP contribution in [-0.4, -0.2) is 24.3 Å². The van der Waals surface area contributed by atoms with Gasteiger partial charge in [0.05, 0.1) is 5.56 Å². The van der Waals surface area contributed by atoms with Crippen LogP contribution in [0.1, 0.15) is 42.5 Å². The number of Topliss-reactive ketones (excluding diaryl/α,β-unsaturated/α-hetero) is 1. The van der Waals surface area contributed by atoms with Crippen molar-refractivity contribution < 1.29 is 18.4 Å². The summed E-state index contributed by atoms with van der Waals surface area (Å²) in [6.07, 6.45) is 2.82. The molecule has 6 heteroatoms. The summed E-state index contributed by atoms with van der Waals surface area (Å²) in [6.45, 7) is 0.532. The first-order chi connectivity index (χ1) is 10.5. The molecule has 3 N–H and O–H groups in total. The lowest BCUT2D eigenvalue weighted by molar-refractivity contribution is -0.122. The van der Waals surface area contributed by atoms with Crippen molar-refractivity contribution in [3.05, 3.63) is 35.4 Å². The summed E-state index contributed by atoms with van der Waals surface area (Å²) in [4.78, 5) is 23.8. The number of carbonyl (C=O) groups is 2. The fourth-order valence-electron chi connectivity index (χ4n) is 2.87. The maximum atomic E-state index is 13.5. The van der Waals surface area contributed by atoms with E-state index in [0.29, 0.717) is 12.6 Å². The Morgan fingerprint density at radius 1 is 1.23 bits per heavy atom. The predicted octanol–water partition coefficient (Wildman–Crippen LogP) is 2.17. The standard InChI is InChI=1S/C16H20F2N2O2/c17-11-4-5-12(13(18)8-11)15(21)6-7-16(22)20-14-3-1-2-10(14)9-19/h4-5,8,10,14H,1-3,6-7,9,19H2,(H,20,22). The molecule has 2 unspecified atom stereocenters. The van der Waals surface area contributed by atoms with Gasteiger partial charge in [0.15, 0.2) is 5.78 Å². The molecular formula is C16H20F2N2O2. The summed E-state index contributed by atoms with van der Waals surface area (Å²) in [7, 11) is 0. The van der Waals surface area contributed by atoms with Crippen LogP contribution in [0.25, 0.3) is 0 Å². The molecule has 0 radical (unpaired) electrons. The second kappa shape index (κ2) is 7.45. The summed E-state index contributed by atoms with van der Waals surface area (Å²) >= 11 is 0. The molecule has 2 rings (SSSR count). The van der Waals surface area contributed by atoms with Crippen LogP contribution >= 0.6 is 0 Å². The van der Waals surface area contributed by atoms with E-state index in [4.69, 9.17) is 5.73 Å². The van der Waals surface area contributed by atoms with Crippen molar-refractivity contribution in [2.45, 2.75) is 38.1 Å². The average molecular weight is 310 g/mol. The molecule has 4 nitrogen and oxygen atoms in total. The van der Waals surface area contributed by atoms with Crippen molar-refractivity contribution in [2.24, 2.45) is 11.7 Å². The summed E-state index contributed by atoms with van der Waals surface area (Å²) in [6, 6.07) is 2.86. The highest BCUT2D eigenvalue weighted by Gasteiger charge is 2.27. The van der Waals surface area contributed by atoms with Crippen molar-refractivity contribution in [1.82, 2.24) is 5.32 Å². The topological polar surface area (TPSA) is 72.2 Å². The van der Waals surface area contributed by atoms with Crippen LogP contribution in [0.5, 0.6) is 0 Å². The molecular weight excluding hydrogens is 290 g/mol. The van der Waals surface area contributed by atoms with E-state index in [2.05, 4.69) is 5.32 Å². The van der Waals surface area contributed by atoms with Crippen LogP contribution < -0.4 is 11.1 Å². The highest BCUT2D eigenvalue weighted by molar-refractivity contribution is 5.98. The van der Waals surface area contributed by atoms with Gasteiger partial charge < -0.3 is 11.1 Å². The molecule has 2 atom stereocenters. The zero-order valence-corrected chi connectivity index (χ0v) is 12.3. The number of halogens is 2. The minimum atomic E-state index is -0.899. The number of rotatable bonds is 6. The van der Waals surface area contributed by atoms with Crippen molar-refractivity contribution in [3.8, 4) is 0 Å². The highest BCUT2D eigenvalue weighted by Crippen LogP contribution is 2.24. The SMILES string of the molecule is NCC1CCCC1NC(=O)CCC(=O)c1ccc(F)cc1F. The number of carbonyl (C=O) groups excluding carboxylic acids is 2. The lowest BCUT2D eigenvalue weighted by Crippen LogP contribution is -2.39. The molecule has 0 spiro atoms. The van der Waals surface area contributed by atoms with Crippen LogP contribution in [0.3, 0.4) is 0 Å². The van der Waals surface area contributed by atoms with Crippen molar-refractivity contribution >= 4 is 11.7 Å². The predicted molar refractivity (Wildman–Crippen MR) is 78.2 cm³/mol. The van der Waals surface area contributed by atoms with Crippen LogP contribution in [0.2, 0.25) is 0 Å². The zero-order valence-electron chi connectivity index (χ0n) is 12.3. The normalized spacial score (nSPS) is 20.9. The summed E-state index contributed by atoms with van der Waals surface area (Å²) < 4.78 is 26.3. The van der Waals surface area contributed by atoms with Crippen LogP contribution in [0.15, 0.2) is 18.2 Å². The summed E-state index contributed by atoms with van der Waals surface area (Å²) in [5, 5.41) is 2.89. The molecule has 1 aromatic carbocycles. The van der Waals surface area contributed by atoms with E-state index in [9.17, 15) is 18.4 Å². The number of nitrogens with two attached hydrogens (primary N) is 1. The molecule has 22 heavy (non-hydrogen) atoms. The summed E-state index contributed by atoms with van der Waals surface area (Å²) in [5.74, 6) is -2.09. The minimum Gasteiger partial charge on any atom is -0.353 e. The van der Waals surface area contributed by atoms with E-state index >= 15 is 0 Å². The van der Waals surface area contributed by atoms with Crippen LogP contribution in [-0.2, 0) is 4.79 Å². The van der Waals surface area contributed by atoms with Crippen molar-refractivity contribution in [2.75, 3.05) is 6.54 Å². The Bertz CT molecular complexity index is 563. The fourth-order valence-corrected chi connectivity index (χ4v) is 2.87. The third-order valence-electron chi connectivity index (χ3n) is 4.12. The van der Waals surface area contributed by atoms with E-state index in [1.807, 2.05) is 0 Å². The third kappa shape index (κ3) is 4.10. The number of hydrogen-bond donors (Lipinski definition) is 2. The fraction of sp³-hybridized carbons (Fsp3) is 0.500. The van der Waals surface area contributed by atoms with Gasteiger partial charge in [-0.3, -0.25) is 9.59 Å². The molecule has 1 aliphatic rings. The Morgan fingerprint density at radius 3 is 2.68 bits per heavy atom. The Hall–Kier alpha value is -1.82. The number of nitrogens with one attached hydrogen (secondary N) is 1. The first-order valence-corrected chi connectivity index (χ1v) is 7.49. The molecule has 1 aromatic rings. The van der Waals surface area contributed by atoms with Crippen LogP contribution in [0, 0.1) is 17.6 Å². The molecule has 1 amide bonds. The van der Waals surface area contributed by atoms with Crippen molar-refractivity contribution in [1.29, 1.82) is 0 Å². The molecule has 1 saturated carbocycles. The minimum absolute atomic E-state index is 0.0105. The van der Waals surface area contributed by atoms with Crippen molar-refractivity contribution in [3.63, 3.8) is 0 Å². The van der Waals surface area contributed by atoms with Gasteiger partial charge in [-0.1, -0.05) is 6.42 Å². The molecule has 0 aromatic heterocycles. The zero-order chi connectivity index (χ0) is 16.1. The molecule has 0 saturated heterocycles. The van der Waals surface area contributed by atoms with E-state index in [0.717, 1.165) is 31.4 Å². The van der Waals surface area contributed by atoms with Gasteiger partial charge in [-0.05, 0) is 37.4 Å². The van der Waals surface area contributed by atoms with Gasteiger partial charge in [-0.25, -0.2) is 8.78 Å². The van der Waals surface area contributed by atoms with E-state index < -0.39 is 17.4 Å². The molecule has 0 bridgehead atoms. The maximum absolute atomic E-state index is 13.5. The maximum Gasteiger partial charge on any atom is 0.220 e. The number of ketones is 1. The van der Waals surface area contributed by atoms with E-state index in [-0.39, 0.29) is 36.3 Å². The third-order valence-corrected chi connectivity index (χ3v) is 4.12. The largest absolute Gasteiger partial charge is 0.353 e. The average Bonchev–Trinajstić information content (AvgIpc) is 2.92. The van der Waals surface area contributed by atoms with Crippen LogP contribution in [0.4, 0.5) is 8.78 Å². The summed E-state index contributed by atoms with van der Waals surface area (Å²) in [5.41, 5.74) is 5.46. The lowest BCUT2D eigenvalue weighted by Gasteiger charge is -2.19. The highest BCUT2D eigenvalue weighted by atomic mass is 19.1. The van der Waals surface area contributed by atoms with Gasteiger partial charge in [0.1, 0.15) is 11.6 Å². The Kier molecular flexibility index (Phi) is 5.60. The molecule has 0 aliphatic heterocycles. The monoisotopic (exact) mass is 310 g/mol. The number of amides is 1. The molecule has 1 aliphatic carbocycles. The van der Waals surface area contributed by atoms with Gasteiger partial charge in [-0.2, -0.15) is 0 Å². The molecule has 0 heterocycles. The quantitative estimate of drug-likeness (QED) is 0.791.